The maximum absolute atomic E-state index is 13.0. The average Bonchev–Trinajstić information content (AvgIpc) is 2.38. The van der Waals surface area contributed by atoms with Gasteiger partial charge in [-0.3, -0.25) is 0 Å². The van der Waals surface area contributed by atoms with E-state index in [0.29, 0.717) is 11.2 Å². The molecule has 2 aromatic carbocycles. The van der Waals surface area contributed by atoms with Gasteiger partial charge < -0.3 is 14.8 Å². The first-order chi connectivity index (χ1) is 9.47. The molecule has 0 amide bonds. The van der Waals surface area contributed by atoms with Crippen molar-refractivity contribution in [2.45, 2.75) is 20.5 Å². The summed E-state index contributed by atoms with van der Waals surface area (Å²) < 4.78 is 18.6. The van der Waals surface area contributed by atoms with Crippen LogP contribution in [0.3, 0.4) is 0 Å². The Hall–Kier alpha value is -1.85. The minimum atomic E-state index is -1.58. The highest BCUT2D eigenvalue weighted by Gasteiger charge is 2.17. The van der Waals surface area contributed by atoms with E-state index in [1.807, 2.05) is 13.0 Å². The summed E-state index contributed by atoms with van der Waals surface area (Å²) in [7, 11) is -1.58. The van der Waals surface area contributed by atoms with E-state index < -0.39 is 7.12 Å². The van der Waals surface area contributed by atoms with Crippen molar-refractivity contribution in [3.05, 3.63) is 58.9 Å². The van der Waals surface area contributed by atoms with Gasteiger partial charge in [0.15, 0.2) is 0 Å². The lowest BCUT2D eigenvalue weighted by atomic mass is 9.79. The van der Waals surface area contributed by atoms with Gasteiger partial charge >= 0.3 is 7.12 Å². The van der Waals surface area contributed by atoms with Crippen molar-refractivity contribution in [1.29, 1.82) is 0 Å². The lowest BCUT2D eigenvalue weighted by Gasteiger charge is -2.13. The largest absolute Gasteiger partial charge is 0.492 e. The highest BCUT2D eigenvalue weighted by molar-refractivity contribution is 6.59. The Labute approximate surface area is 117 Å². The first-order valence-corrected chi connectivity index (χ1v) is 6.32. The lowest BCUT2D eigenvalue weighted by Crippen LogP contribution is -2.31. The Balaban J connectivity index is 2.18. The SMILES string of the molecule is Cc1ccc(OCc2ccc(F)cc2C)c(B(O)O)c1. The molecule has 5 heteroatoms. The minimum absolute atomic E-state index is 0.245. The predicted molar refractivity (Wildman–Crippen MR) is 76.5 cm³/mol. The molecule has 2 rings (SSSR count). The number of benzene rings is 2. The lowest BCUT2D eigenvalue weighted by molar-refractivity contribution is 0.305. The summed E-state index contributed by atoms with van der Waals surface area (Å²) in [6.07, 6.45) is 0. The van der Waals surface area contributed by atoms with Crippen molar-refractivity contribution < 1.29 is 19.2 Å². The maximum Gasteiger partial charge on any atom is 0.492 e. The van der Waals surface area contributed by atoms with Gasteiger partial charge in [-0.05, 0) is 43.2 Å². The Kier molecular flexibility index (Phi) is 4.42. The number of rotatable bonds is 4. The molecular weight excluding hydrogens is 258 g/mol. The molecule has 0 aliphatic rings. The minimum Gasteiger partial charge on any atom is -0.489 e. The molecule has 0 fully saturated rings. The molecule has 3 nitrogen and oxygen atoms in total. The molecule has 0 aliphatic carbocycles. The van der Waals surface area contributed by atoms with Gasteiger partial charge in [0, 0.05) is 5.46 Å². The van der Waals surface area contributed by atoms with Crippen molar-refractivity contribution in [2.75, 3.05) is 0 Å². The van der Waals surface area contributed by atoms with Crippen LogP contribution in [0, 0.1) is 19.7 Å². The number of hydrogen-bond donors (Lipinski definition) is 2. The zero-order valence-electron chi connectivity index (χ0n) is 11.4. The van der Waals surface area contributed by atoms with Gasteiger partial charge in [0.2, 0.25) is 0 Å². The van der Waals surface area contributed by atoms with Crippen LogP contribution < -0.4 is 10.2 Å². The van der Waals surface area contributed by atoms with Crippen molar-refractivity contribution in [1.82, 2.24) is 0 Å². The zero-order valence-corrected chi connectivity index (χ0v) is 11.4. The van der Waals surface area contributed by atoms with E-state index in [4.69, 9.17) is 4.74 Å². The standard InChI is InChI=1S/C15H16BFO3/c1-10-3-6-15(14(7-10)16(18)19)20-9-12-4-5-13(17)8-11(12)2/h3-8,18-19H,9H2,1-2H3. The Morgan fingerprint density at radius 1 is 1.10 bits per heavy atom. The Morgan fingerprint density at radius 3 is 2.50 bits per heavy atom. The molecule has 104 valence electrons. The van der Waals surface area contributed by atoms with Crippen LogP contribution in [-0.2, 0) is 6.61 Å². The van der Waals surface area contributed by atoms with Crippen molar-refractivity contribution in [2.24, 2.45) is 0 Å². The van der Waals surface area contributed by atoms with Gasteiger partial charge in [-0.1, -0.05) is 23.8 Å². The van der Waals surface area contributed by atoms with E-state index in [1.165, 1.54) is 12.1 Å². The fourth-order valence-electron chi connectivity index (χ4n) is 1.98. The zero-order chi connectivity index (χ0) is 14.7. The van der Waals surface area contributed by atoms with Gasteiger partial charge in [0.1, 0.15) is 18.2 Å². The van der Waals surface area contributed by atoms with Crippen LogP contribution in [0.2, 0.25) is 0 Å². The second-order valence-electron chi connectivity index (χ2n) is 4.77. The average molecular weight is 274 g/mol. The first kappa shape index (κ1) is 14.6. The van der Waals surface area contributed by atoms with Crippen LogP contribution >= 0.6 is 0 Å². The molecule has 0 atom stereocenters. The highest BCUT2D eigenvalue weighted by atomic mass is 19.1. The first-order valence-electron chi connectivity index (χ1n) is 6.32. The van der Waals surface area contributed by atoms with Crippen molar-refractivity contribution in [3.63, 3.8) is 0 Å². The molecular formula is C15H16BFO3. The van der Waals surface area contributed by atoms with Crippen LogP contribution in [-0.4, -0.2) is 17.2 Å². The molecule has 0 heterocycles. The summed E-state index contributed by atoms with van der Waals surface area (Å²) in [6.45, 7) is 3.91. The fraction of sp³-hybridized carbons (Fsp3) is 0.200. The Morgan fingerprint density at radius 2 is 1.85 bits per heavy atom. The number of halogens is 1. The van der Waals surface area contributed by atoms with Crippen LogP contribution in [0.5, 0.6) is 5.75 Å². The second kappa shape index (κ2) is 6.07. The molecule has 0 saturated carbocycles. The number of aryl methyl sites for hydroxylation is 2. The van der Waals surface area contributed by atoms with Crippen LogP contribution in [0.25, 0.3) is 0 Å². The normalized spacial score (nSPS) is 10.4. The van der Waals surface area contributed by atoms with Gasteiger partial charge in [0.25, 0.3) is 0 Å². The maximum atomic E-state index is 13.0. The van der Waals surface area contributed by atoms with Gasteiger partial charge in [-0.15, -0.1) is 0 Å². The van der Waals surface area contributed by atoms with E-state index in [2.05, 4.69) is 0 Å². The molecule has 20 heavy (non-hydrogen) atoms. The van der Waals surface area contributed by atoms with E-state index in [1.54, 1.807) is 25.1 Å². The van der Waals surface area contributed by atoms with Gasteiger partial charge in [-0.2, -0.15) is 0 Å². The molecule has 0 saturated heterocycles. The summed E-state index contributed by atoms with van der Waals surface area (Å²) in [5, 5.41) is 18.7. The van der Waals surface area contributed by atoms with E-state index in [9.17, 15) is 14.4 Å². The number of hydrogen-bond acceptors (Lipinski definition) is 3. The van der Waals surface area contributed by atoms with Crippen LogP contribution in [0.15, 0.2) is 36.4 Å². The third kappa shape index (κ3) is 3.38. The monoisotopic (exact) mass is 274 g/mol. The molecule has 2 aromatic rings. The molecule has 0 spiro atoms. The third-order valence-electron chi connectivity index (χ3n) is 3.13. The van der Waals surface area contributed by atoms with Crippen LogP contribution in [0.1, 0.15) is 16.7 Å². The molecule has 0 aliphatic heterocycles. The van der Waals surface area contributed by atoms with Crippen LogP contribution in [0.4, 0.5) is 4.39 Å². The third-order valence-corrected chi connectivity index (χ3v) is 3.13. The van der Waals surface area contributed by atoms with E-state index >= 15 is 0 Å². The molecule has 0 unspecified atom stereocenters. The molecule has 0 radical (unpaired) electrons. The van der Waals surface area contributed by atoms with Crippen molar-refractivity contribution in [3.8, 4) is 5.75 Å². The van der Waals surface area contributed by atoms with Crippen molar-refractivity contribution >= 4 is 12.6 Å². The topological polar surface area (TPSA) is 49.7 Å². The smallest absolute Gasteiger partial charge is 0.489 e. The summed E-state index contributed by atoms with van der Waals surface area (Å²) >= 11 is 0. The highest BCUT2D eigenvalue weighted by Crippen LogP contribution is 2.15. The molecule has 2 N–H and O–H groups in total. The fourth-order valence-corrected chi connectivity index (χ4v) is 1.98. The summed E-state index contributed by atoms with van der Waals surface area (Å²) in [5.74, 6) is 0.127. The Bertz CT molecular complexity index is 614. The summed E-state index contributed by atoms with van der Waals surface area (Å²) in [5.41, 5.74) is 2.89. The number of ether oxygens (including phenoxy) is 1. The second-order valence-corrected chi connectivity index (χ2v) is 4.77. The molecule has 0 bridgehead atoms. The van der Waals surface area contributed by atoms with E-state index in [-0.39, 0.29) is 12.4 Å². The summed E-state index contributed by atoms with van der Waals surface area (Å²) in [6, 6.07) is 9.67. The van der Waals surface area contributed by atoms with Gasteiger partial charge in [-0.25, -0.2) is 4.39 Å². The van der Waals surface area contributed by atoms with E-state index in [0.717, 1.165) is 16.7 Å². The summed E-state index contributed by atoms with van der Waals surface area (Å²) in [4.78, 5) is 0. The molecule has 0 aromatic heterocycles. The van der Waals surface area contributed by atoms with Gasteiger partial charge in [0.05, 0.1) is 0 Å². The quantitative estimate of drug-likeness (QED) is 0.834. The predicted octanol–water partition coefficient (Wildman–Crippen LogP) is 1.70.